The number of nitrogens with zero attached hydrogens (tertiary/aromatic N) is 1. The average Bonchev–Trinajstić information content (AvgIpc) is 2.06. The lowest BCUT2D eigenvalue weighted by Crippen LogP contribution is -2.43. The zero-order valence-corrected chi connectivity index (χ0v) is 10.7. The molecule has 1 amide bonds. The summed E-state index contributed by atoms with van der Waals surface area (Å²) in [5.41, 5.74) is -0.500. The topological polar surface area (TPSA) is 49.8 Å². The normalized spacial score (nSPS) is 22.3. The first-order chi connectivity index (χ1) is 6.79. The molecule has 4 nitrogen and oxygen atoms in total. The Kier molecular flexibility index (Phi) is 3.78. The molecule has 0 aromatic carbocycles. The number of hydrogen-bond acceptors (Lipinski definition) is 3. The molecule has 1 atom stereocenters. The fourth-order valence-corrected chi connectivity index (χ4v) is 1.47. The van der Waals surface area contributed by atoms with Crippen LogP contribution in [-0.4, -0.2) is 40.9 Å². The molecule has 0 radical (unpaired) electrons. The van der Waals surface area contributed by atoms with Crippen molar-refractivity contribution in [1.29, 1.82) is 0 Å². The standard InChI is InChI=1S/C10H16BrNO3/c1-10(2,3)15-9(14)12-5-4-7(11)8(13)6-12/h4,8,13H,5-6H2,1-3H3. The molecular formula is C10H16BrNO3. The number of carbonyl (C=O) groups is 1. The number of hydrogen-bond donors (Lipinski definition) is 1. The minimum absolute atomic E-state index is 0.270. The van der Waals surface area contributed by atoms with Crippen molar-refractivity contribution in [3.63, 3.8) is 0 Å². The molecule has 0 saturated carbocycles. The van der Waals surface area contributed by atoms with Crippen molar-refractivity contribution in [3.8, 4) is 0 Å². The molecule has 1 unspecified atom stereocenters. The van der Waals surface area contributed by atoms with E-state index in [2.05, 4.69) is 15.9 Å². The first-order valence-corrected chi connectivity index (χ1v) is 5.60. The van der Waals surface area contributed by atoms with Crippen molar-refractivity contribution in [2.45, 2.75) is 32.5 Å². The zero-order chi connectivity index (χ0) is 11.6. The van der Waals surface area contributed by atoms with E-state index in [9.17, 15) is 9.90 Å². The summed E-state index contributed by atoms with van der Waals surface area (Å²) in [4.78, 5) is 13.1. The first kappa shape index (κ1) is 12.5. The number of aliphatic hydroxyl groups excluding tert-OH is 1. The average molecular weight is 278 g/mol. The van der Waals surface area contributed by atoms with Crippen molar-refractivity contribution >= 4 is 22.0 Å². The smallest absolute Gasteiger partial charge is 0.410 e. The molecule has 0 spiro atoms. The van der Waals surface area contributed by atoms with Crippen LogP contribution in [0.25, 0.3) is 0 Å². The van der Waals surface area contributed by atoms with Gasteiger partial charge in [-0.05, 0) is 20.8 Å². The Morgan fingerprint density at radius 2 is 2.27 bits per heavy atom. The van der Waals surface area contributed by atoms with Crippen molar-refractivity contribution in [2.24, 2.45) is 0 Å². The molecule has 0 saturated heterocycles. The predicted octanol–water partition coefficient (Wildman–Crippen LogP) is 1.88. The van der Waals surface area contributed by atoms with Gasteiger partial charge in [-0.3, -0.25) is 0 Å². The summed E-state index contributed by atoms with van der Waals surface area (Å²) in [7, 11) is 0. The molecule has 1 aliphatic heterocycles. The Morgan fingerprint density at radius 1 is 1.67 bits per heavy atom. The van der Waals surface area contributed by atoms with Crippen molar-refractivity contribution in [1.82, 2.24) is 4.90 Å². The number of rotatable bonds is 0. The third-order valence-electron chi connectivity index (χ3n) is 1.87. The lowest BCUT2D eigenvalue weighted by molar-refractivity contribution is 0.0187. The van der Waals surface area contributed by atoms with Gasteiger partial charge in [-0.25, -0.2) is 4.79 Å². The lowest BCUT2D eigenvalue weighted by Gasteiger charge is -2.30. The van der Waals surface area contributed by atoms with E-state index in [0.717, 1.165) is 4.48 Å². The fourth-order valence-electron chi connectivity index (χ4n) is 1.18. The van der Waals surface area contributed by atoms with Crippen molar-refractivity contribution in [3.05, 3.63) is 10.6 Å². The van der Waals surface area contributed by atoms with Crippen LogP contribution in [0.1, 0.15) is 20.8 Å². The van der Waals surface area contributed by atoms with Crippen LogP contribution in [0.15, 0.2) is 10.6 Å². The number of carbonyl (C=O) groups excluding carboxylic acids is 1. The van der Waals surface area contributed by atoms with Crippen molar-refractivity contribution < 1.29 is 14.6 Å². The van der Waals surface area contributed by atoms with Gasteiger partial charge in [-0.2, -0.15) is 0 Å². The highest BCUT2D eigenvalue weighted by Gasteiger charge is 2.26. The van der Waals surface area contributed by atoms with Gasteiger partial charge >= 0.3 is 6.09 Å². The number of β-amino-alcohol motifs (C(OH)–C–C–N with tert-alkyl or cyclic N) is 1. The second-order valence-electron chi connectivity index (χ2n) is 4.49. The third kappa shape index (κ3) is 3.83. The summed E-state index contributed by atoms with van der Waals surface area (Å²) in [6.07, 6.45) is 0.724. The van der Waals surface area contributed by atoms with Crippen LogP contribution < -0.4 is 0 Å². The zero-order valence-electron chi connectivity index (χ0n) is 9.16. The Hall–Kier alpha value is -0.550. The molecule has 15 heavy (non-hydrogen) atoms. The maximum atomic E-state index is 11.6. The highest BCUT2D eigenvalue weighted by atomic mass is 79.9. The summed E-state index contributed by atoms with van der Waals surface area (Å²) < 4.78 is 5.92. The number of amides is 1. The van der Waals surface area contributed by atoms with Gasteiger partial charge in [-0.1, -0.05) is 22.0 Å². The predicted molar refractivity (Wildman–Crippen MR) is 60.8 cm³/mol. The molecule has 1 aliphatic rings. The Labute approximate surface area is 98.0 Å². The van der Waals surface area contributed by atoms with Crippen LogP contribution in [0.3, 0.4) is 0 Å². The molecule has 0 aromatic rings. The Balaban J connectivity index is 2.57. The van der Waals surface area contributed by atoms with E-state index >= 15 is 0 Å². The van der Waals surface area contributed by atoms with Gasteiger partial charge in [0, 0.05) is 11.0 Å². The van der Waals surface area contributed by atoms with Crippen molar-refractivity contribution in [2.75, 3.05) is 13.1 Å². The van der Waals surface area contributed by atoms with Gasteiger partial charge in [0.1, 0.15) is 11.7 Å². The van der Waals surface area contributed by atoms with Gasteiger partial charge in [0.05, 0.1) is 6.54 Å². The molecule has 0 aromatic heterocycles. The largest absolute Gasteiger partial charge is 0.444 e. The summed E-state index contributed by atoms with van der Waals surface area (Å²) >= 11 is 3.22. The monoisotopic (exact) mass is 277 g/mol. The van der Waals surface area contributed by atoms with Gasteiger partial charge in [-0.15, -0.1) is 0 Å². The minimum atomic E-state index is -0.647. The molecule has 0 fully saturated rings. The van der Waals surface area contributed by atoms with Crippen LogP contribution in [0.4, 0.5) is 4.79 Å². The molecule has 1 N–H and O–H groups in total. The highest BCUT2D eigenvalue weighted by Crippen LogP contribution is 2.19. The van der Waals surface area contributed by atoms with E-state index in [1.54, 1.807) is 6.08 Å². The second kappa shape index (κ2) is 4.53. The fraction of sp³-hybridized carbons (Fsp3) is 0.700. The van der Waals surface area contributed by atoms with E-state index < -0.39 is 17.8 Å². The van der Waals surface area contributed by atoms with Crippen LogP contribution in [0.2, 0.25) is 0 Å². The van der Waals surface area contributed by atoms with E-state index in [1.165, 1.54) is 4.90 Å². The highest BCUT2D eigenvalue weighted by molar-refractivity contribution is 9.11. The Bertz CT molecular complexity index is 283. The summed E-state index contributed by atoms with van der Waals surface area (Å²) in [5.74, 6) is 0. The molecule has 1 heterocycles. The van der Waals surface area contributed by atoms with Crippen LogP contribution in [-0.2, 0) is 4.74 Å². The summed E-state index contributed by atoms with van der Waals surface area (Å²) in [6.45, 7) is 6.18. The number of halogens is 1. The molecule has 1 rings (SSSR count). The van der Waals surface area contributed by atoms with E-state index in [0.29, 0.717) is 6.54 Å². The first-order valence-electron chi connectivity index (χ1n) is 4.81. The lowest BCUT2D eigenvalue weighted by atomic mass is 10.2. The maximum Gasteiger partial charge on any atom is 0.410 e. The van der Waals surface area contributed by atoms with Crippen LogP contribution in [0.5, 0.6) is 0 Å². The van der Waals surface area contributed by atoms with E-state index in [4.69, 9.17) is 4.74 Å². The third-order valence-corrected chi connectivity index (χ3v) is 2.72. The summed E-state index contributed by atoms with van der Waals surface area (Å²) in [6, 6.07) is 0. The van der Waals surface area contributed by atoms with Crippen LogP contribution in [0, 0.1) is 0 Å². The molecule has 0 aliphatic carbocycles. The Morgan fingerprint density at radius 3 is 2.73 bits per heavy atom. The van der Waals surface area contributed by atoms with Crippen LogP contribution >= 0.6 is 15.9 Å². The van der Waals surface area contributed by atoms with Gasteiger partial charge < -0.3 is 14.7 Å². The molecule has 0 bridgehead atoms. The molecular weight excluding hydrogens is 262 g/mol. The molecule has 5 heteroatoms. The second-order valence-corrected chi connectivity index (χ2v) is 5.41. The van der Waals surface area contributed by atoms with E-state index in [-0.39, 0.29) is 6.54 Å². The quantitative estimate of drug-likeness (QED) is 0.736. The van der Waals surface area contributed by atoms with E-state index in [1.807, 2.05) is 20.8 Å². The van der Waals surface area contributed by atoms with Gasteiger partial charge in [0.15, 0.2) is 0 Å². The molecule has 86 valence electrons. The minimum Gasteiger partial charge on any atom is -0.444 e. The number of aliphatic hydroxyl groups is 1. The van der Waals surface area contributed by atoms with Gasteiger partial charge in [0.25, 0.3) is 0 Å². The maximum absolute atomic E-state index is 11.6. The summed E-state index contributed by atoms with van der Waals surface area (Å²) in [5, 5.41) is 9.53. The van der Waals surface area contributed by atoms with Gasteiger partial charge in [0.2, 0.25) is 0 Å². The SMILES string of the molecule is CC(C)(C)OC(=O)N1CC=C(Br)C(O)C1. The number of ether oxygens (including phenoxy) is 1.